The van der Waals surface area contributed by atoms with E-state index in [1.54, 1.807) is 43.5 Å². The van der Waals surface area contributed by atoms with Crippen LogP contribution in [-0.2, 0) is 26.2 Å². The second-order valence-corrected chi connectivity index (χ2v) is 11.7. The lowest BCUT2D eigenvalue weighted by molar-refractivity contribution is -0.140. The standard InChI is InChI=1S/C27H36ClN3O5S/c1-4-25(27(33)29-22-10-6-5-7-11-22)30(18-20-9-8-12-24(17-20)36-2)26(32)19-31(37(3,34)35)23-15-13-21(28)14-16-23/h8-9,12-17,22,25H,4-7,10-11,18-19H2,1-3H3,(H,29,33). The fraction of sp³-hybridized carbons (Fsp3) is 0.481. The van der Waals surface area contributed by atoms with Gasteiger partial charge in [0.2, 0.25) is 21.8 Å². The number of nitrogens with one attached hydrogen (secondary N) is 1. The Hall–Kier alpha value is -2.78. The van der Waals surface area contributed by atoms with Gasteiger partial charge in [-0.3, -0.25) is 13.9 Å². The Labute approximate surface area is 225 Å². The summed E-state index contributed by atoms with van der Waals surface area (Å²) in [5.41, 5.74) is 1.09. The minimum atomic E-state index is -3.80. The van der Waals surface area contributed by atoms with Crippen molar-refractivity contribution in [3.8, 4) is 5.75 Å². The van der Waals surface area contributed by atoms with Crippen LogP contribution in [0.15, 0.2) is 48.5 Å². The van der Waals surface area contributed by atoms with Gasteiger partial charge in [-0.1, -0.05) is 49.9 Å². The van der Waals surface area contributed by atoms with Crippen molar-refractivity contribution in [3.63, 3.8) is 0 Å². The van der Waals surface area contributed by atoms with Crippen LogP contribution in [0.3, 0.4) is 0 Å². The molecule has 0 radical (unpaired) electrons. The molecule has 8 nitrogen and oxygen atoms in total. The molecule has 2 aromatic carbocycles. The lowest BCUT2D eigenvalue weighted by Crippen LogP contribution is -2.53. The van der Waals surface area contributed by atoms with Crippen molar-refractivity contribution in [2.45, 2.75) is 64.1 Å². The normalized spacial score (nSPS) is 15.0. The van der Waals surface area contributed by atoms with Crippen LogP contribution in [0.1, 0.15) is 51.0 Å². The maximum atomic E-state index is 13.8. The SMILES string of the molecule is CCC(C(=O)NC1CCCCC1)N(Cc1cccc(OC)c1)C(=O)CN(c1ccc(Cl)cc1)S(C)(=O)=O. The van der Waals surface area contributed by atoms with Gasteiger partial charge >= 0.3 is 0 Å². The Bertz CT molecular complexity index is 1170. The molecule has 0 bridgehead atoms. The van der Waals surface area contributed by atoms with Gasteiger partial charge in [0.15, 0.2) is 0 Å². The number of sulfonamides is 1. The molecular formula is C27H36ClN3O5S. The molecule has 1 aliphatic carbocycles. The van der Waals surface area contributed by atoms with Gasteiger partial charge in [-0.15, -0.1) is 0 Å². The number of ether oxygens (including phenoxy) is 1. The Kier molecular flexibility index (Phi) is 10.2. The summed E-state index contributed by atoms with van der Waals surface area (Å²) in [4.78, 5) is 28.7. The van der Waals surface area contributed by atoms with Crippen molar-refractivity contribution in [2.24, 2.45) is 0 Å². The van der Waals surface area contributed by atoms with E-state index in [0.717, 1.165) is 48.2 Å². The maximum Gasteiger partial charge on any atom is 0.244 e. The first-order valence-corrected chi connectivity index (χ1v) is 14.8. The summed E-state index contributed by atoms with van der Waals surface area (Å²) in [5.74, 6) is -0.0691. The number of hydrogen-bond acceptors (Lipinski definition) is 5. The number of rotatable bonds is 11. The summed E-state index contributed by atoms with van der Waals surface area (Å²) in [7, 11) is -2.24. The molecule has 1 saturated carbocycles. The third-order valence-corrected chi connectivity index (χ3v) is 8.01. The molecule has 37 heavy (non-hydrogen) atoms. The van der Waals surface area contributed by atoms with Crippen molar-refractivity contribution >= 4 is 39.1 Å². The zero-order valence-corrected chi connectivity index (χ0v) is 23.2. The molecule has 0 saturated heterocycles. The number of benzene rings is 2. The predicted octanol–water partition coefficient (Wildman–Crippen LogP) is 4.37. The second-order valence-electron chi connectivity index (χ2n) is 9.39. The fourth-order valence-electron chi connectivity index (χ4n) is 4.65. The highest BCUT2D eigenvalue weighted by molar-refractivity contribution is 7.92. The van der Waals surface area contributed by atoms with Gasteiger partial charge in [0.05, 0.1) is 19.1 Å². The number of hydrogen-bond donors (Lipinski definition) is 1. The van der Waals surface area contributed by atoms with E-state index >= 15 is 0 Å². The van der Waals surface area contributed by atoms with Gasteiger partial charge in [-0.25, -0.2) is 8.42 Å². The molecule has 10 heteroatoms. The van der Waals surface area contributed by atoms with E-state index in [4.69, 9.17) is 16.3 Å². The van der Waals surface area contributed by atoms with Gasteiger partial charge in [0.25, 0.3) is 0 Å². The van der Waals surface area contributed by atoms with Crippen LogP contribution in [0.4, 0.5) is 5.69 Å². The summed E-state index contributed by atoms with van der Waals surface area (Å²) in [5, 5.41) is 3.58. The van der Waals surface area contributed by atoms with Gasteiger partial charge in [-0.05, 0) is 61.2 Å². The average Bonchev–Trinajstić information content (AvgIpc) is 2.87. The highest BCUT2D eigenvalue weighted by atomic mass is 35.5. The summed E-state index contributed by atoms with van der Waals surface area (Å²) < 4.78 is 31.7. The van der Waals surface area contributed by atoms with E-state index in [1.165, 1.54) is 4.90 Å². The zero-order chi connectivity index (χ0) is 27.0. The molecule has 3 rings (SSSR count). The van der Waals surface area contributed by atoms with Crippen molar-refractivity contribution in [1.29, 1.82) is 0 Å². The molecular weight excluding hydrogens is 514 g/mol. The molecule has 1 atom stereocenters. The van der Waals surface area contributed by atoms with Crippen molar-refractivity contribution in [2.75, 3.05) is 24.2 Å². The van der Waals surface area contributed by atoms with Crippen molar-refractivity contribution in [1.82, 2.24) is 10.2 Å². The second kappa shape index (κ2) is 13.1. The average molecular weight is 550 g/mol. The number of carbonyl (C=O) groups is 2. The molecule has 1 N–H and O–H groups in total. The Balaban J connectivity index is 1.92. The molecule has 202 valence electrons. The van der Waals surface area contributed by atoms with E-state index in [1.807, 2.05) is 19.1 Å². The molecule has 2 amide bonds. The number of methoxy groups -OCH3 is 1. The van der Waals surface area contributed by atoms with E-state index in [-0.39, 0.29) is 18.5 Å². The third-order valence-electron chi connectivity index (χ3n) is 6.62. The van der Waals surface area contributed by atoms with Crippen molar-refractivity contribution in [3.05, 3.63) is 59.1 Å². The lowest BCUT2D eigenvalue weighted by Gasteiger charge is -2.34. The maximum absolute atomic E-state index is 13.8. The first-order valence-electron chi connectivity index (χ1n) is 12.6. The summed E-state index contributed by atoms with van der Waals surface area (Å²) in [6.45, 7) is 1.53. The third kappa shape index (κ3) is 8.10. The van der Waals surface area contributed by atoms with Crippen LogP contribution >= 0.6 is 11.6 Å². The van der Waals surface area contributed by atoms with Gasteiger partial charge in [0, 0.05) is 17.6 Å². The number of nitrogens with zero attached hydrogens (tertiary/aromatic N) is 2. The van der Waals surface area contributed by atoms with Crippen LogP contribution in [0.2, 0.25) is 5.02 Å². The Morgan fingerprint density at radius 3 is 2.38 bits per heavy atom. The summed E-state index contributed by atoms with van der Waals surface area (Å²) in [6.07, 6.45) is 6.57. The van der Waals surface area contributed by atoms with Crippen LogP contribution in [0, 0.1) is 0 Å². The number of halogens is 1. The van der Waals surface area contributed by atoms with E-state index in [2.05, 4.69) is 5.32 Å². The summed E-state index contributed by atoms with van der Waals surface area (Å²) >= 11 is 5.98. The molecule has 2 aromatic rings. The van der Waals surface area contributed by atoms with Gasteiger partial charge in [-0.2, -0.15) is 0 Å². The van der Waals surface area contributed by atoms with E-state index in [0.29, 0.717) is 22.9 Å². The first kappa shape index (κ1) is 28.8. The molecule has 0 aromatic heterocycles. The highest BCUT2D eigenvalue weighted by Gasteiger charge is 2.32. The monoisotopic (exact) mass is 549 g/mol. The van der Waals surface area contributed by atoms with Crippen LogP contribution < -0.4 is 14.4 Å². The highest BCUT2D eigenvalue weighted by Crippen LogP contribution is 2.23. The smallest absolute Gasteiger partial charge is 0.244 e. The zero-order valence-electron chi connectivity index (χ0n) is 21.7. The number of carbonyl (C=O) groups excluding carboxylic acids is 2. The van der Waals surface area contributed by atoms with Gasteiger partial charge < -0.3 is 15.0 Å². The lowest BCUT2D eigenvalue weighted by atomic mass is 9.95. The minimum Gasteiger partial charge on any atom is -0.497 e. The molecule has 1 aliphatic rings. The van der Waals surface area contributed by atoms with Gasteiger partial charge in [0.1, 0.15) is 18.3 Å². The van der Waals surface area contributed by atoms with Crippen LogP contribution in [0.25, 0.3) is 0 Å². The largest absolute Gasteiger partial charge is 0.497 e. The van der Waals surface area contributed by atoms with Crippen molar-refractivity contribution < 1.29 is 22.7 Å². The van der Waals surface area contributed by atoms with Crippen LogP contribution in [0.5, 0.6) is 5.75 Å². The minimum absolute atomic E-state index is 0.0886. The Morgan fingerprint density at radius 1 is 1.11 bits per heavy atom. The van der Waals surface area contributed by atoms with E-state index in [9.17, 15) is 18.0 Å². The quantitative estimate of drug-likeness (QED) is 0.449. The molecule has 0 aliphatic heterocycles. The Morgan fingerprint density at radius 2 is 1.78 bits per heavy atom. The predicted molar refractivity (Wildman–Crippen MR) is 146 cm³/mol. The number of amides is 2. The van der Waals surface area contributed by atoms with E-state index < -0.39 is 28.5 Å². The topological polar surface area (TPSA) is 96.0 Å². The summed E-state index contributed by atoms with van der Waals surface area (Å²) in [6, 6.07) is 12.8. The number of anilines is 1. The molecule has 0 spiro atoms. The molecule has 0 heterocycles. The molecule has 1 fully saturated rings. The molecule has 1 unspecified atom stereocenters. The first-order chi connectivity index (χ1) is 17.6. The fourth-order valence-corrected chi connectivity index (χ4v) is 5.63. The van der Waals surface area contributed by atoms with Crippen LogP contribution in [-0.4, -0.2) is 57.1 Å².